The molecule has 7 nitrogen and oxygen atoms in total. The van der Waals surface area contributed by atoms with Gasteiger partial charge < -0.3 is 15.5 Å². The van der Waals surface area contributed by atoms with Gasteiger partial charge in [-0.3, -0.25) is 5.10 Å². The summed E-state index contributed by atoms with van der Waals surface area (Å²) in [5, 5.41) is 14.4. The van der Waals surface area contributed by atoms with Crippen LogP contribution in [0.1, 0.15) is 27.2 Å². The van der Waals surface area contributed by atoms with Crippen LogP contribution in [0.2, 0.25) is 0 Å². The van der Waals surface area contributed by atoms with E-state index in [1.165, 1.54) is 0 Å². The molecule has 0 saturated carbocycles. The molecule has 0 unspecified atom stereocenters. The fraction of sp³-hybridized carbons (Fsp3) is 0.643. The van der Waals surface area contributed by atoms with Gasteiger partial charge in [-0.15, -0.1) is 0 Å². The molecule has 7 heteroatoms. The van der Waals surface area contributed by atoms with Crippen molar-refractivity contribution in [1.82, 2.24) is 25.1 Å². The largest absolute Gasteiger partial charge is 0.369 e. The Morgan fingerprint density at radius 3 is 2.67 bits per heavy atom. The van der Waals surface area contributed by atoms with E-state index < -0.39 is 0 Å². The molecule has 0 aliphatic rings. The number of nitrogens with one attached hydrogen (secondary N) is 3. The summed E-state index contributed by atoms with van der Waals surface area (Å²) in [6.07, 6.45) is 2.85. The first kappa shape index (κ1) is 15.5. The number of aromatic amines is 1. The second-order valence-electron chi connectivity index (χ2n) is 4.87. The lowest BCUT2D eigenvalue weighted by molar-refractivity contribution is 0.303. The molecule has 0 amide bonds. The number of anilines is 2. The summed E-state index contributed by atoms with van der Waals surface area (Å²) in [5.74, 6) is 1.46. The topological polar surface area (TPSA) is 81.8 Å². The maximum atomic E-state index is 4.51. The van der Waals surface area contributed by atoms with Crippen LogP contribution in [0.3, 0.4) is 0 Å². The van der Waals surface area contributed by atoms with Crippen molar-refractivity contribution >= 4 is 22.8 Å². The highest BCUT2D eigenvalue weighted by Gasteiger charge is 2.08. The van der Waals surface area contributed by atoms with Crippen molar-refractivity contribution in [1.29, 1.82) is 0 Å². The molecular formula is C14H25N7. The van der Waals surface area contributed by atoms with E-state index in [4.69, 9.17) is 0 Å². The van der Waals surface area contributed by atoms with E-state index in [2.05, 4.69) is 49.5 Å². The molecule has 0 aliphatic carbocycles. The van der Waals surface area contributed by atoms with Crippen LogP contribution >= 0.6 is 0 Å². The van der Waals surface area contributed by atoms with Crippen molar-refractivity contribution in [3.05, 3.63) is 6.20 Å². The quantitative estimate of drug-likeness (QED) is 0.612. The lowest BCUT2D eigenvalue weighted by atomic mass is 10.3. The highest BCUT2D eigenvalue weighted by Crippen LogP contribution is 2.19. The molecule has 0 atom stereocenters. The zero-order valence-electron chi connectivity index (χ0n) is 13.1. The minimum absolute atomic E-state index is 0.625. The fourth-order valence-electron chi connectivity index (χ4n) is 2.26. The summed E-state index contributed by atoms with van der Waals surface area (Å²) in [6.45, 7) is 11.4. The number of hydrogen-bond acceptors (Lipinski definition) is 6. The molecule has 0 spiro atoms. The van der Waals surface area contributed by atoms with Crippen LogP contribution in [-0.4, -0.2) is 57.8 Å². The zero-order valence-corrected chi connectivity index (χ0v) is 13.1. The van der Waals surface area contributed by atoms with Crippen LogP contribution in [-0.2, 0) is 0 Å². The van der Waals surface area contributed by atoms with Gasteiger partial charge in [-0.25, -0.2) is 0 Å². The second kappa shape index (κ2) is 7.78. The van der Waals surface area contributed by atoms with Gasteiger partial charge in [0, 0.05) is 13.1 Å². The summed E-state index contributed by atoms with van der Waals surface area (Å²) in [4.78, 5) is 11.3. The normalized spacial score (nSPS) is 11.2. The first-order valence-electron chi connectivity index (χ1n) is 7.69. The van der Waals surface area contributed by atoms with Crippen molar-refractivity contribution in [2.24, 2.45) is 0 Å². The van der Waals surface area contributed by atoms with Crippen LogP contribution < -0.4 is 10.6 Å². The first-order chi connectivity index (χ1) is 10.3. The molecule has 0 aliphatic heterocycles. The predicted molar refractivity (Wildman–Crippen MR) is 86.7 cm³/mol. The Bertz CT molecular complexity index is 547. The second-order valence-corrected chi connectivity index (χ2v) is 4.87. The van der Waals surface area contributed by atoms with Gasteiger partial charge >= 0.3 is 0 Å². The molecule has 3 N–H and O–H groups in total. The van der Waals surface area contributed by atoms with Crippen LogP contribution in [0, 0.1) is 0 Å². The van der Waals surface area contributed by atoms with Crippen LogP contribution in [0.5, 0.6) is 0 Å². The SMILES string of the molecule is CCNc1nc(NCCCN(CC)CC)c2cn[nH]c2n1. The first-order valence-corrected chi connectivity index (χ1v) is 7.69. The maximum absolute atomic E-state index is 4.51. The van der Waals surface area contributed by atoms with Crippen molar-refractivity contribution in [2.75, 3.05) is 43.4 Å². The molecule has 0 saturated heterocycles. The van der Waals surface area contributed by atoms with E-state index in [1.54, 1.807) is 6.20 Å². The van der Waals surface area contributed by atoms with E-state index in [0.29, 0.717) is 5.95 Å². The maximum Gasteiger partial charge on any atom is 0.226 e. The summed E-state index contributed by atoms with van der Waals surface area (Å²) in [7, 11) is 0. The summed E-state index contributed by atoms with van der Waals surface area (Å²) in [6, 6.07) is 0. The zero-order chi connectivity index (χ0) is 15.1. The summed E-state index contributed by atoms with van der Waals surface area (Å²) in [5.41, 5.74) is 0.757. The Kier molecular flexibility index (Phi) is 5.74. The van der Waals surface area contributed by atoms with Gasteiger partial charge in [-0.2, -0.15) is 15.1 Å². The fourth-order valence-corrected chi connectivity index (χ4v) is 2.26. The summed E-state index contributed by atoms with van der Waals surface area (Å²) < 4.78 is 0. The van der Waals surface area contributed by atoms with Crippen LogP contribution in [0.15, 0.2) is 6.20 Å². The average Bonchev–Trinajstić information content (AvgIpc) is 2.96. The Balaban J connectivity index is 1.98. The van der Waals surface area contributed by atoms with Gasteiger partial charge in [0.1, 0.15) is 5.82 Å². The number of aromatic nitrogens is 4. The van der Waals surface area contributed by atoms with E-state index in [9.17, 15) is 0 Å². The number of rotatable bonds is 9. The molecule has 21 heavy (non-hydrogen) atoms. The molecular weight excluding hydrogens is 266 g/mol. The van der Waals surface area contributed by atoms with Gasteiger partial charge in [-0.05, 0) is 33.0 Å². The number of nitrogens with zero attached hydrogens (tertiary/aromatic N) is 4. The molecule has 0 fully saturated rings. The lowest BCUT2D eigenvalue weighted by Gasteiger charge is -2.17. The number of hydrogen-bond donors (Lipinski definition) is 3. The number of H-pyrrole nitrogens is 1. The van der Waals surface area contributed by atoms with Crippen molar-refractivity contribution in [3.8, 4) is 0 Å². The van der Waals surface area contributed by atoms with Crippen LogP contribution in [0.25, 0.3) is 11.0 Å². The van der Waals surface area contributed by atoms with E-state index in [-0.39, 0.29) is 0 Å². The van der Waals surface area contributed by atoms with Crippen LogP contribution in [0.4, 0.5) is 11.8 Å². The van der Waals surface area contributed by atoms with Gasteiger partial charge in [0.25, 0.3) is 0 Å². The lowest BCUT2D eigenvalue weighted by Crippen LogP contribution is -2.25. The Labute approximate surface area is 125 Å². The predicted octanol–water partition coefficient (Wildman–Crippen LogP) is 1.93. The average molecular weight is 291 g/mol. The molecule has 0 radical (unpaired) electrons. The van der Waals surface area contributed by atoms with Gasteiger partial charge in [-0.1, -0.05) is 13.8 Å². The standard InChI is InChI=1S/C14H25N7/c1-4-15-14-18-12(11-10-17-20-13(11)19-14)16-8-7-9-21(5-2)6-3/h10H,4-9H2,1-3H3,(H3,15,16,17,18,19,20). The third kappa shape index (κ3) is 4.04. The van der Waals surface area contributed by atoms with Crippen molar-refractivity contribution < 1.29 is 0 Å². The third-order valence-electron chi connectivity index (χ3n) is 3.48. The Morgan fingerprint density at radius 1 is 1.14 bits per heavy atom. The molecule has 2 aromatic heterocycles. The monoisotopic (exact) mass is 291 g/mol. The van der Waals surface area contributed by atoms with E-state index >= 15 is 0 Å². The Morgan fingerprint density at radius 2 is 1.95 bits per heavy atom. The number of fused-ring (bicyclic) bond motifs is 1. The van der Waals surface area contributed by atoms with E-state index in [0.717, 1.165) is 56.0 Å². The molecule has 0 aromatic carbocycles. The minimum Gasteiger partial charge on any atom is -0.369 e. The van der Waals surface area contributed by atoms with Crippen molar-refractivity contribution in [2.45, 2.75) is 27.2 Å². The molecule has 2 rings (SSSR count). The highest BCUT2D eigenvalue weighted by atomic mass is 15.2. The third-order valence-corrected chi connectivity index (χ3v) is 3.48. The Hall–Kier alpha value is -1.89. The minimum atomic E-state index is 0.625. The molecule has 2 heterocycles. The molecule has 0 bridgehead atoms. The van der Waals surface area contributed by atoms with Crippen molar-refractivity contribution in [3.63, 3.8) is 0 Å². The molecule has 116 valence electrons. The molecule has 2 aromatic rings. The van der Waals surface area contributed by atoms with Gasteiger partial charge in [0.15, 0.2) is 5.65 Å². The van der Waals surface area contributed by atoms with E-state index in [1.807, 2.05) is 6.92 Å². The van der Waals surface area contributed by atoms with Gasteiger partial charge in [0.2, 0.25) is 5.95 Å². The summed E-state index contributed by atoms with van der Waals surface area (Å²) >= 11 is 0. The van der Waals surface area contributed by atoms with Gasteiger partial charge in [0.05, 0.1) is 11.6 Å². The smallest absolute Gasteiger partial charge is 0.226 e. The highest BCUT2D eigenvalue weighted by molar-refractivity contribution is 5.86.